The summed E-state index contributed by atoms with van der Waals surface area (Å²) in [5, 5.41) is 8.85. The van der Waals surface area contributed by atoms with Crippen molar-refractivity contribution in [2.24, 2.45) is 0 Å². The van der Waals surface area contributed by atoms with Crippen LogP contribution in [0.2, 0.25) is 0 Å². The molecule has 2 aromatic rings. The van der Waals surface area contributed by atoms with E-state index in [0.29, 0.717) is 25.4 Å². The van der Waals surface area contributed by atoms with Gasteiger partial charge in [0.15, 0.2) is 0 Å². The molecule has 0 fully saturated rings. The number of carboxylic acids is 1. The molecule has 0 saturated heterocycles. The number of carboxylic acid groups (broad SMARTS) is 1. The van der Waals surface area contributed by atoms with Crippen LogP contribution in [0.4, 0.5) is 0 Å². The van der Waals surface area contributed by atoms with E-state index in [1.54, 1.807) is 0 Å². The summed E-state index contributed by atoms with van der Waals surface area (Å²) in [5.41, 5.74) is 3.17. The van der Waals surface area contributed by atoms with Gasteiger partial charge in [-0.15, -0.1) is 0 Å². The minimum Gasteiger partial charge on any atom is -0.490 e. The van der Waals surface area contributed by atoms with Crippen molar-refractivity contribution >= 4 is 21.9 Å². The van der Waals surface area contributed by atoms with Gasteiger partial charge in [-0.05, 0) is 55.7 Å². The molecule has 0 unspecified atom stereocenters. The van der Waals surface area contributed by atoms with Gasteiger partial charge >= 0.3 is 5.97 Å². The maximum atomic E-state index is 10.8. The molecule has 0 atom stereocenters. The minimum absolute atomic E-state index is 0.0753. The highest BCUT2D eigenvalue weighted by atomic mass is 79.9. The van der Waals surface area contributed by atoms with Crippen LogP contribution in [0.5, 0.6) is 11.5 Å². The first-order chi connectivity index (χ1) is 11.5. The monoisotopic (exact) mass is 392 g/mol. The van der Waals surface area contributed by atoms with Crippen LogP contribution in [-0.2, 0) is 11.2 Å². The van der Waals surface area contributed by atoms with Crippen LogP contribution < -0.4 is 9.47 Å². The lowest BCUT2D eigenvalue weighted by atomic mass is 10.1. The summed E-state index contributed by atoms with van der Waals surface area (Å²) in [6.07, 6.45) is 0.508. The van der Waals surface area contributed by atoms with Crippen LogP contribution in [0, 0.1) is 13.8 Å². The zero-order chi connectivity index (χ0) is 17.5. The summed E-state index contributed by atoms with van der Waals surface area (Å²) >= 11 is 3.40. The molecule has 5 heteroatoms. The van der Waals surface area contributed by atoms with E-state index in [0.717, 1.165) is 21.3 Å². The number of carbonyl (C=O) groups is 1. The molecular weight excluding hydrogens is 372 g/mol. The third-order valence-corrected chi connectivity index (χ3v) is 4.05. The Morgan fingerprint density at radius 3 is 2.38 bits per heavy atom. The number of aliphatic carboxylic acids is 1. The maximum absolute atomic E-state index is 10.8. The van der Waals surface area contributed by atoms with Crippen LogP contribution in [-0.4, -0.2) is 24.3 Å². The number of benzene rings is 2. The van der Waals surface area contributed by atoms with Gasteiger partial charge in [-0.1, -0.05) is 33.6 Å². The van der Waals surface area contributed by atoms with Gasteiger partial charge in [0.05, 0.1) is 0 Å². The number of ether oxygens (including phenoxy) is 2. The van der Waals surface area contributed by atoms with Gasteiger partial charge in [-0.2, -0.15) is 0 Å². The Morgan fingerprint density at radius 1 is 1.04 bits per heavy atom. The molecule has 128 valence electrons. The summed E-state index contributed by atoms with van der Waals surface area (Å²) < 4.78 is 12.4. The fourth-order valence-electron chi connectivity index (χ4n) is 2.39. The summed E-state index contributed by atoms with van der Waals surface area (Å²) in [6.45, 7) is 4.89. The van der Waals surface area contributed by atoms with Crippen molar-refractivity contribution in [3.63, 3.8) is 0 Å². The van der Waals surface area contributed by atoms with Gasteiger partial charge in [0.25, 0.3) is 0 Å². The molecule has 0 aliphatic heterocycles. The van der Waals surface area contributed by atoms with Crippen molar-refractivity contribution in [1.82, 2.24) is 0 Å². The fraction of sp³-hybridized carbons (Fsp3) is 0.316. The van der Waals surface area contributed by atoms with Crippen molar-refractivity contribution in [2.75, 3.05) is 13.2 Å². The molecule has 0 bridgehead atoms. The molecule has 24 heavy (non-hydrogen) atoms. The molecule has 0 aromatic heterocycles. The van der Waals surface area contributed by atoms with E-state index in [9.17, 15) is 4.79 Å². The van der Waals surface area contributed by atoms with Gasteiger partial charge in [0.1, 0.15) is 24.7 Å². The van der Waals surface area contributed by atoms with E-state index >= 15 is 0 Å². The second-order valence-electron chi connectivity index (χ2n) is 5.61. The summed E-state index contributed by atoms with van der Waals surface area (Å²) in [7, 11) is 0. The van der Waals surface area contributed by atoms with Gasteiger partial charge < -0.3 is 14.6 Å². The molecule has 0 spiro atoms. The molecule has 2 aromatic carbocycles. The van der Waals surface area contributed by atoms with Gasteiger partial charge in [0.2, 0.25) is 0 Å². The SMILES string of the molecule is Cc1ccc(OCCOc2ccc(Br)cc2CCC(=O)O)c(C)c1. The van der Waals surface area contributed by atoms with E-state index in [2.05, 4.69) is 22.0 Å². The second kappa shape index (κ2) is 8.73. The molecule has 0 aliphatic carbocycles. The van der Waals surface area contributed by atoms with Crippen molar-refractivity contribution in [2.45, 2.75) is 26.7 Å². The molecule has 2 rings (SSSR count). The summed E-state index contributed by atoms with van der Waals surface area (Å²) in [5.74, 6) is 0.730. The predicted molar refractivity (Wildman–Crippen MR) is 97.0 cm³/mol. The topological polar surface area (TPSA) is 55.8 Å². The van der Waals surface area contributed by atoms with Crippen LogP contribution >= 0.6 is 15.9 Å². The van der Waals surface area contributed by atoms with Crippen molar-refractivity contribution in [1.29, 1.82) is 0 Å². The molecule has 0 amide bonds. The van der Waals surface area contributed by atoms with E-state index in [1.807, 2.05) is 44.2 Å². The smallest absolute Gasteiger partial charge is 0.303 e. The van der Waals surface area contributed by atoms with E-state index in [-0.39, 0.29) is 6.42 Å². The largest absolute Gasteiger partial charge is 0.490 e. The summed E-state index contributed by atoms with van der Waals surface area (Å²) in [6, 6.07) is 11.7. The fourth-order valence-corrected chi connectivity index (χ4v) is 2.80. The van der Waals surface area contributed by atoms with E-state index < -0.39 is 5.97 Å². The first-order valence-electron chi connectivity index (χ1n) is 7.79. The standard InChI is InChI=1S/C19H21BrO4/c1-13-3-6-17(14(2)11-13)23-9-10-24-18-7-5-16(20)12-15(18)4-8-19(21)22/h3,5-7,11-12H,4,8-10H2,1-2H3,(H,21,22). The van der Waals surface area contributed by atoms with E-state index in [4.69, 9.17) is 14.6 Å². The molecule has 0 aliphatic rings. The number of aryl methyl sites for hydroxylation is 3. The lowest BCUT2D eigenvalue weighted by Crippen LogP contribution is -2.11. The normalized spacial score (nSPS) is 10.5. The Bertz CT molecular complexity index is 713. The Hall–Kier alpha value is -2.01. The molecule has 0 saturated carbocycles. The van der Waals surface area contributed by atoms with E-state index in [1.165, 1.54) is 5.56 Å². The minimum atomic E-state index is -0.820. The van der Waals surface area contributed by atoms with Crippen molar-refractivity contribution < 1.29 is 19.4 Å². The van der Waals surface area contributed by atoms with Crippen LogP contribution in [0.1, 0.15) is 23.1 Å². The zero-order valence-electron chi connectivity index (χ0n) is 13.8. The Labute approximate surface area is 150 Å². The predicted octanol–water partition coefficient (Wildman–Crippen LogP) is 4.54. The molecule has 1 N–H and O–H groups in total. The highest BCUT2D eigenvalue weighted by Gasteiger charge is 2.08. The van der Waals surface area contributed by atoms with Crippen LogP contribution in [0.15, 0.2) is 40.9 Å². The van der Waals surface area contributed by atoms with Gasteiger partial charge in [-0.25, -0.2) is 0 Å². The Kier molecular flexibility index (Phi) is 6.67. The third-order valence-electron chi connectivity index (χ3n) is 3.56. The third kappa shape index (κ3) is 5.57. The lowest BCUT2D eigenvalue weighted by Gasteiger charge is -2.13. The first kappa shape index (κ1) is 18.3. The quantitative estimate of drug-likeness (QED) is 0.669. The van der Waals surface area contributed by atoms with Crippen LogP contribution in [0.3, 0.4) is 0 Å². The number of halogens is 1. The van der Waals surface area contributed by atoms with Gasteiger partial charge in [-0.3, -0.25) is 4.79 Å². The average molecular weight is 393 g/mol. The molecule has 4 nitrogen and oxygen atoms in total. The molecule has 0 radical (unpaired) electrons. The highest BCUT2D eigenvalue weighted by molar-refractivity contribution is 9.10. The van der Waals surface area contributed by atoms with Crippen LogP contribution in [0.25, 0.3) is 0 Å². The summed E-state index contributed by atoms with van der Waals surface area (Å²) in [4.78, 5) is 10.8. The average Bonchev–Trinajstić information content (AvgIpc) is 2.52. The highest BCUT2D eigenvalue weighted by Crippen LogP contribution is 2.25. The first-order valence-corrected chi connectivity index (χ1v) is 8.58. The Balaban J connectivity index is 1.90. The zero-order valence-corrected chi connectivity index (χ0v) is 15.4. The van der Waals surface area contributed by atoms with Crippen molar-refractivity contribution in [3.8, 4) is 11.5 Å². The van der Waals surface area contributed by atoms with Crippen molar-refractivity contribution in [3.05, 3.63) is 57.6 Å². The molecular formula is C19H21BrO4. The number of rotatable bonds is 8. The molecule has 0 heterocycles. The lowest BCUT2D eigenvalue weighted by molar-refractivity contribution is -0.136. The Morgan fingerprint density at radius 2 is 1.71 bits per heavy atom. The number of hydrogen-bond acceptors (Lipinski definition) is 3. The second-order valence-corrected chi connectivity index (χ2v) is 6.53. The van der Waals surface area contributed by atoms with Gasteiger partial charge in [0, 0.05) is 10.9 Å². The number of hydrogen-bond donors (Lipinski definition) is 1. The maximum Gasteiger partial charge on any atom is 0.303 e.